The molecule has 3 amide bonds. The lowest BCUT2D eigenvalue weighted by Crippen LogP contribution is -2.41. The number of imide groups is 1. The first-order chi connectivity index (χ1) is 6.63. The monoisotopic (exact) mass is 191 g/mol. The number of hydrogen-bond acceptors (Lipinski definition) is 3. The Bertz CT molecular complexity index is 390. The number of pyridine rings is 1. The van der Waals surface area contributed by atoms with Crippen molar-refractivity contribution in [1.29, 1.82) is 0 Å². The Morgan fingerprint density at radius 1 is 1.36 bits per heavy atom. The van der Waals surface area contributed by atoms with E-state index in [0.29, 0.717) is 5.69 Å². The predicted molar refractivity (Wildman–Crippen MR) is 48.3 cm³/mol. The van der Waals surface area contributed by atoms with E-state index in [1.165, 1.54) is 0 Å². The summed E-state index contributed by atoms with van der Waals surface area (Å²) >= 11 is 0. The highest BCUT2D eigenvalue weighted by Gasteiger charge is 2.44. The molecule has 2 N–H and O–H groups in total. The van der Waals surface area contributed by atoms with Crippen LogP contribution >= 0.6 is 0 Å². The minimum atomic E-state index is -1.04. The third kappa shape index (κ3) is 1.14. The number of urea groups is 1. The van der Waals surface area contributed by atoms with Crippen LogP contribution in [0.25, 0.3) is 0 Å². The topological polar surface area (TPSA) is 71.1 Å². The van der Waals surface area contributed by atoms with Crippen molar-refractivity contribution in [2.45, 2.75) is 12.5 Å². The second-order valence-electron chi connectivity index (χ2n) is 3.25. The van der Waals surface area contributed by atoms with Gasteiger partial charge in [0.25, 0.3) is 5.91 Å². The van der Waals surface area contributed by atoms with E-state index in [-0.39, 0.29) is 5.91 Å². The number of hydrogen-bond donors (Lipinski definition) is 2. The number of rotatable bonds is 1. The Kier molecular flexibility index (Phi) is 1.73. The van der Waals surface area contributed by atoms with E-state index in [2.05, 4.69) is 15.6 Å². The van der Waals surface area contributed by atoms with Crippen LogP contribution in [0.2, 0.25) is 0 Å². The Labute approximate surface area is 80.5 Å². The molecular weight excluding hydrogens is 182 g/mol. The van der Waals surface area contributed by atoms with E-state index in [0.717, 1.165) is 0 Å². The average molecular weight is 191 g/mol. The predicted octanol–water partition coefficient (Wildman–Crippen LogP) is 0.136. The molecule has 0 unspecified atom stereocenters. The summed E-state index contributed by atoms with van der Waals surface area (Å²) in [5.74, 6) is -0.374. The van der Waals surface area contributed by atoms with Crippen molar-refractivity contribution in [3.63, 3.8) is 0 Å². The Hall–Kier alpha value is -1.91. The van der Waals surface area contributed by atoms with Crippen LogP contribution in [0.15, 0.2) is 24.4 Å². The van der Waals surface area contributed by atoms with Crippen molar-refractivity contribution >= 4 is 11.9 Å². The van der Waals surface area contributed by atoms with Crippen molar-refractivity contribution < 1.29 is 9.59 Å². The largest absolute Gasteiger partial charge is 0.322 e. The molecule has 5 nitrogen and oxygen atoms in total. The number of amides is 3. The molecule has 2 heterocycles. The van der Waals surface area contributed by atoms with Gasteiger partial charge in [0, 0.05) is 6.20 Å². The highest BCUT2D eigenvalue weighted by atomic mass is 16.2. The molecule has 1 aliphatic rings. The van der Waals surface area contributed by atoms with Crippen LogP contribution in [0.1, 0.15) is 12.6 Å². The minimum Gasteiger partial charge on any atom is -0.318 e. The second kappa shape index (κ2) is 2.80. The molecule has 1 atom stereocenters. The summed E-state index contributed by atoms with van der Waals surface area (Å²) in [5, 5.41) is 4.71. The van der Waals surface area contributed by atoms with E-state index in [4.69, 9.17) is 0 Å². The van der Waals surface area contributed by atoms with Crippen LogP contribution in [-0.2, 0) is 10.3 Å². The lowest BCUT2D eigenvalue weighted by atomic mass is 9.98. The van der Waals surface area contributed by atoms with E-state index >= 15 is 0 Å². The van der Waals surface area contributed by atoms with E-state index < -0.39 is 11.6 Å². The first-order valence-electron chi connectivity index (χ1n) is 4.18. The van der Waals surface area contributed by atoms with E-state index in [9.17, 15) is 9.59 Å². The summed E-state index contributed by atoms with van der Waals surface area (Å²) in [6.07, 6.45) is 1.58. The van der Waals surface area contributed by atoms with Gasteiger partial charge < -0.3 is 5.32 Å². The summed E-state index contributed by atoms with van der Waals surface area (Å²) in [7, 11) is 0. The summed E-state index contributed by atoms with van der Waals surface area (Å²) in [5.41, 5.74) is -0.512. The van der Waals surface area contributed by atoms with Crippen molar-refractivity contribution in [3.05, 3.63) is 30.1 Å². The van der Waals surface area contributed by atoms with Crippen LogP contribution in [0.3, 0.4) is 0 Å². The molecule has 1 aromatic rings. The van der Waals surface area contributed by atoms with Gasteiger partial charge in [-0.2, -0.15) is 0 Å². The Balaban J connectivity index is 2.43. The average Bonchev–Trinajstić information content (AvgIpc) is 2.43. The fraction of sp³-hybridized carbons (Fsp3) is 0.222. The highest BCUT2D eigenvalue weighted by molar-refractivity contribution is 6.06. The van der Waals surface area contributed by atoms with Gasteiger partial charge in [0.05, 0.1) is 5.69 Å². The molecule has 1 saturated heterocycles. The fourth-order valence-corrected chi connectivity index (χ4v) is 1.38. The number of carbonyl (C=O) groups excluding carboxylic acids is 2. The highest BCUT2D eigenvalue weighted by Crippen LogP contribution is 2.21. The van der Waals surface area contributed by atoms with Gasteiger partial charge in [-0.3, -0.25) is 15.1 Å². The van der Waals surface area contributed by atoms with E-state index in [1.807, 2.05) is 0 Å². The molecule has 1 aliphatic heterocycles. The minimum absolute atomic E-state index is 0.374. The molecule has 0 saturated carbocycles. The number of carbonyl (C=O) groups is 2. The maximum Gasteiger partial charge on any atom is 0.322 e. The molecule has 0 radical (unpaired) electrons. The van der Waals surface area contributed by atoms with Gasteiger partial charge in [-0.1, -0.05) is 6.07 Å². The van der Waals surface area contributed by atoms with Crippen molar-refractivity contribution in [2.24, 2.45) is 0 Å². The molecule has 14 heavy (non-hydrogen) atoms. The lowest BCUT2D eigenvalue weighted by Gasteiger charge is -2.19. The number of nitrogens with one attached hydrogen (secondary N) is 2. The fourth-order valence-electron chi connectivity index (χ4n) is 1.38. The quantitative estimate of drug-likeness (QED) is 0.620. The molecule has 72 valence electrons. The Morgan fingerprint density at radius 2 is 2.14 bits per heavy atom. The summed E-state index contributed by atoms with van der Waals surface area (Å²) in [4.78, 5) is 26.5. The van der Waals surface area contributed by atoms with Crippen LogP contribution in [0.5, 0.6) is 0 Å². The lowest BCUT2D eigenvalue weighted by molar-refractivity contribution is -0.123. The first-order valence-corrected chi connectivity index (χ1v) is 4.18. The molecule has 0 bridgehead atoms. The maximum absolute atomic E-state index is 11.5. The third-order valence-electron chi connectivity index (χ3n) is 2.22. The third-order valence-corrected chi connectivity index (χ3v) is 2.22. The molecule has 0 aromatic carbocycles. The normalized spacial score (nSPS) is 25.8. The molecule has 1 fully saturated rings. The molecular formula is C9H9N3O2. The standard InChI is InChI=1S/C9H9N3O2/c1-9(6-4-2-3-5-10-6)7(13)11-8(14)12-9/h2-5H,1H3,(H2,11,12,13,14)/t9-/m1/s1. The summed E-state index contributed by atoms with van der Waals surface area (Å²) < 4.78 is 0. The molecule has 5 heteroatoms. The zero-order chi connectivity index (χ0) is 10.2. The van der Waals surface area contributed by atoms with Gasteiger partial charge in [0.1, 0.15) is 0 Å². The van der Waals surface area contributed by atoms with Crippen molar-refractivity contribution in [1.82, 2.24) is 15.6 Å². The number of nitrogens with zero attached hydrogens (tertiary/aromatic N) is 1. The Morgan fingerprint density at radius 3 is 2.64 bits per heavy atom. The summed E-state index contributed by atoms with van der Waals surface area (Å²) in [6, 6.07) is 4.74. The zero-order valence-electron chi connectivity index (χ0n) is 7.57. The number of aromatic nitrogens is 1. The maximum atomic E-state index is 11.5. The van der Waals surface area contributed by atoms with Gasteiger partial charge in [-0.15, -0.1) is 0 Å². The van der Waals surface area contributed by atoms with Crippen molar-refractivity contribution in [2.75, 3.05) is 0 Å². The van der Waals surface area contributed by atoms with Gasteiger partial charge in [0.15, 0.2) is 5.54 Å². The van der Waals surface area contributed by atoms with Gasteiger partial charge in [-0.25, -0.2) is 4.79 Å². The van der Waals surface area contributed by atoms with E-state index in [1.54, 1.807) is 31.3 Å². The van der Waals surface area contributed by atoms with Gasteiger partial charge >= 0.3 is 6.03 Å². The van der Waals surface area contributed by atoms with Crippen LogP contribution in [-0.4, -0.2) is 16.9 Å². The first kappa shape index (κ1) is 8.68. The van der Waals surface area contributed by atoms with Gasteiger partial charge in [0.2, 0.25) is 0 Å². The SMILES string of the molecule is C[C@]1(c2ccccn2)NC(=O)NC1=O. The van der Waals surface area contributed by atoms with Crippen molar-refractivity contribution in [3.8, 4) is 0 Å². The van der Waals surface area contributed by atoms with Crippen LogP contribution in [0.4, 0.5) is 4.79 Å². The smallest absolute Gasteiger partial charge is 0.318 e. The zero-order valence-corrected chi connectivity index (χ0v) is 7.57. The molecule has 2 rings (SSSR count). The molecule has 1 aromatic heterocycles. The van der Waals surface area contributed by atoms with Gasteiger partial charge in [-0.05, 0) is 19.1 Å². The van der Waals surface area contributed by atoms with Crippen LogP contribution in [0, 0.1) is 0 Å². The second-order valence-corrected chi connectivity index (χ2v) is 3.25. The van der Waals surface area contributed by atoms with Crippen LogP contribution < -0.4 is 10.6 Å². The summed E-state index contributed by atoms with van der Waals surface area (Å²) in [6.45, 7) is 1.62. The molecule has 0 aliphatic carbocycles. The molecule has 0 spiro atoms.